The predicted octanol–water partition coefficient (Wildman–Crippen LogP) is 0.260. The lowest BCUT2D eigenvalue weighted by Crippen LogP contribution is -2.47. The van der Waals surface area contributed by atoms with E-state index in [9.17, 15) is 4.21 Å². The number of imidazole rings is 1. The van der Waals surface area contributed by atoms with Gasteiger partial charge in [0.15, 0.2) is 28.1 Å². The first kappa shape index (κ1) is 22.8. The lowest BCUT2D eigenvalue weighted by atomic mass is 10.3. The van der Waals surface area contributed by atoms with E-state index in [1.165, 1.54) is 0 Å². The van der Waals surface area contributed by atoms with Gasteiger partial charge in [-0.3, -0.25) is 9.80 Å². The highest BCUT2D eigenvalue weighted by molar-refractivity contribution is 7.79. The van der Waals surface area contributed by atoms with Crippen molar-refractivity contribution in [3.63, 3.8) is 0 Å². The van der Waals surface area contributed by atoms with Gasteiger partial charge in [-0.15, -0.1) is 0 Å². The highest BCUT2D eigenvalue weighted by atomic mass is 35.5. The topological polar surface area (TPSA) is 109 Å². The minimum absolute atomic E-state index is 0.192. The Hall–Kier alpha value is -1.41. The molecule has 0 radical (unpaired) electrons. The highest BCUT2D eigenvalue weighted by Gasteiger charge is 2.25. The Labute approximate surface area is 188 Å². The number of piperazine rings is 1. The average molecular weight is 474 g/mol. The van der Waals surface area contributed by atoms with E-state index >= 15 is 0 Å². The molecule has 0 saturated carbocycles. The summed E-state index contributed by atoms with van der Waals surface area (Å²) in [5.41, 5.74) is 1.45. The fraction of sp³-hybridized carbons (Fsp3) is 0.722. The summed E-state index contributed by atoms with van der Waals surface area (Å²) in [5, 5.41) is 0.199. The Morgan fingerprint density at radius 1 is 1.10 bits per heavy atom. The third-order valence-electron chi connectivity index (χ3n) is 5.58. The Kier molecular flexibility index (Phi) is 7.69. The van der Waals surface area contributed by atoms with Gasteiger partial charge in [-0.05, 0) is 11.6 Å². The molecule has 0 bridgehead atoms. The number of fused-ring (bicyclic) bond motifs is 1. The molecule has 0 aromatic carbocycles. The monoisotopic (exact) mass is 473 g/mol. The smallest absolute Gasteiger partial charge is 0.226 e. The van der Waals surface area contributed by atoms with E-state index in [4.69, 9.17) is 30.6 Å². The number of halogens is 1. The molecule has 2 aliphatic rings. The number of ether oxygens (including phenoxy) is 2. The summed E-state index contributed by atoms with van der Waals surface area (Å²) in [6, 6.07) is 0. The maximum atomic E-state index is 11.1. The molecule has 0 aliphatic carbocycles. The molecule has 172 valence electrons. The first-order valence-electron chi connectivity index (χ1n) is 10.3. The maximum absolute atomic E-state index is 11.1. The molecule has 1 atom stereocenters. The van der Waals surface area contributed by atoms with Crippen molar-refractivity contribution in [1.29, 1.82) is 0 Å². The number of aromatic nitrogens is 4. The van der Waals surface area contributed by atoms with Crippen LogP contribution in [0.4, 0.5) is 5.82 Å². The third-order valence-corrected chi connectivity index (χ3v) is 6.34. The SMILES string of the molecule is COCCn1c(CN2CCN(CS(=O)O)CC2)nc2c(N3CCOCC3)nc(Cl)nc21. The van der Waals surface area contributed by atoms with Crippen LogP contribution in [-0.4, -0.2) is 110 Å². The van der Waals surface area contributed by atoms with E-state index in [-0.39, 0.29) is 11.2 Å². The number of methoxy groups -OCH3 is 1. The summed E-state index contributed by atoms with van der Waals surface area (Å²) in [5.74, 6) is 1.82. The molecule has 0 amide bonds. The lowest BCUT2D eigenvalue weighted by Gasteiger charge is -2.33. The molecule has 4 heterocycles. The van der Waals surface area contributed by atoms with Crippen LogP contribution in [0.2, 0.25) is 5.28 Å². The van der Waals surface area contributed by atoms with Gasteiger partial charge in [-0.25, -0.2) is 9.19 Å². The Balaban J connectivity index is 1.60. The molecular weight excluding hydrogens is 446 g/mol. The van der Waals surface area contributed by atoms with Crippen molar-refractivity contribution >= 4 is 39.7 Å². The van der Waals surface area contributed by atoms with E-state index in [0.29, 0.717) is 38.6 Å². The van der Waals surface area contributed by atoms with Crippen LogP contribution in [0, 0.1) is 0 Å². The Morgan fingerprint density at radius 2 is 1.81 bits per heavy atom. The van der Waals surface area contributed by atoms with Gasteiger partial charge in [-0.2, -0.15) is 9.97 Å². The van der Waals surface area contributed by atoms with Gasteiger partial charge in [0.05, 0.1) is 26.4 Å². The molecule has 13 heteroatoms. The summed E-state index contributed by atoms with van der Waals surface area (Å²) in [7, 11) is 1.67. The van der Waals surface area contributed by atoms with Crippen LogP contribution in [0.15, 0.2) is 0 Å². The predicted molar refractivity (Wildman–Crippen MR) is 118 cm³/mol. The van der Waals surface area contributed by atoms with Gasteiger partial charge in [0.25, 0.3) is 0 Å². The van der Waals surface area contributed by atoms with E-state index in [0.717, 1.165) is 56.4 Å². The number of hydrogen-bond acceptors (Lipinski definition) is 9. The number of hydrogen-bond donors (Lipinski definition) is 1. The van der Waals surface area contributed by atoms with Crippen LogP contribution in [-0.2, 0) is 33.6 Å². The third kappa shape index (κ3) is 5.51. The van der Waals surface area contributed by atoms with Crippen LogP contribution < -0.4 is 4.90 Å². The molecule has 1 N–H and O–H groups in total. The van der Waals surface area contributed by atoms with E-state index in [2.05, 4.69) is 24.3 Å². The zero-order valence-electron chi connectivity index (χ0n) is 17.6. The molecule has 2 aliphatic heterocycles. The second-order valence-electron chi connectivity index (χ2n) is 7.61. The minimum Gasteiger partial charge on any atom is -0.383 e. The average Bonchev–Trinajstić information content (AvgIpc) is 3.10. The fourth-order valence-electron chi connectivity index (χ4n) is 3.97. The van der Waals surface area contributed by atoms with Crippen molar-refractivity contribution in [3.8, 4) is 0 Å². The zero-order chi connectivity index (χ0) is 21.8. The Bertz CT molecular complexity index is 916. The van der Waals surface area contributed by atoms with Crippen LogP contribution >= 0.6 is 11.6 Å². The standard InChI is InChI=1S/C18H28ClN7O4S/c1-29-9-8-26-14(12-23-2-4-24(5-3-23)13-31(27)28)20-15-16(21-18(19)22-17(15)26)25-6-10-30-11-7-25/h2-13H2,1H3,(H,27,28). The van der Waals surface area contributed by atoms with Crippen molar-refractivity contribution in [3.05, 3.63) is 11.1 Å². The summed E-state index contributed by atoms with van der Waals surface area (Å²) in [6.07, 6.45) is 0. The van der Waals surface area contributed by atoms with Gasteiger partial charge in [-0.1, -0.05) is 0 Å². The van der Waals surface area contributed by atoms with Crippen LogP contribution in [0.25, 0.3) is 11.2 Å². The normalized spacial score (nSPS) is 19.9. The number of anilines is 1. The maximum Gasteiger partial charge on any atom is 0.226 e. The molecule has 2 fully saturated rings. The zero-order valence-corrected chi connectivity index (χ0v) is 19.1. The highest BCUT2D eigenvalue weighted by Crippen LogP contribution is 2.27. The van der Waals surface area contributed by atoms with Crippen molar-refractivity contribution in [1.82, 2.24) is 29.3 Å². The van der Waals surface area contributed by atoms with Crippen LogP contribution in [0.1, 0.15) is 5.82 Å². The quantitative estimate of drug-likeness (QED) is 0.423. The minimum atomic E-state index is -1.80. The van der Waals surface area contributed by atoms with E-state index in [1.807, 2.05) is 4.90 Å². The van der Waals surface area contributed by atoms with Gasteiger partial charge in [0.1, 0.15) is 11.7 Å². The first-order valence-corrected chi connectivity index (χ1v) is 12.0. The van der Waals surface area contributed by atoms with Crippen molar-refractivity contribution < 1.29 is 18.2 Å². The molecule has 11 nitrogen and oxygen atoms in total. The molecule has 4 rings (SSSR count). The molecule has 31 heavy (non-hydrogen) atoms. The lowest BCUT2D eigenvalue weighted by molar-refractivity contribution is 0.122. The van der Waals surface area contributed by atoms with E-state index < -0.39 is 11.1 Å². The van der Waals surface area contributed by atoms with Crippen molar-refractivity contribution in [2.75, 3.05) is 77.0 Å². The molecular formula is C18H28ClN7O4S. The fourth-order valence-corrected chi connectivity index (χ4v) is 4.70. The molecule has 2 aromatic heterocycles. The van der Waals surface area contributed by atoms with Crippen LogP contribution in [0.3, 0.4) is 0 Å². The molecule has 2 saturated heterocycles. The number of rotatable bonds is 8. The summed E-state index contributed by atoms with van der Waals surface area (Å²) >= 11 is 4.49. The molecule has 1 unspecified atom stereocenters. The number of nitrogens with zero attached hydrogens (tertiary/aromatic N) is 7. The van der Waals surface area contributed by atoms with Crippen molar-refractivity contribution in [2.24, 2.45) is 0 Å². The largest absolute Gasteiger partial charge is 0.383 e. The summed E-state index contributed by atoms with van der Waals surface area (Å²) in [6.45, 7) is 7.63. The Morgan fingerprint density at radius 3 is 2.48 bits per heavy atom. The molecule has 0 spiro atoms. The van der Waals surface area contributed by atoms with Gasteiger partial charge < -0.3 is 23.5 Å². The van der Waals surface area contributed by atoms with Crippen LogP contribution in [0.5, 0.6) is 0 Å². The molecule has 2 aromatic rings. The van der Waals surface area contributed by atoms with Gasteiger partial charge >= 0.3 is 0 Å². The van der Waals surface area contributed by atoms with E-state index in [1.54, 1.807) is 7.11 Å². The second-order valence-corrected chi connectivity index (χ2v) is 8.84. The van der Waals surface area contributed by atoms with Gasteiger partial charge in [0.2, 0.25) is 5.28 Å². The summed E-state index contributed by atoms with van der Waals surface area (Å²) < 4.78 is 33.0. The first-order chi connectivity index (χ1) is 15.0. The number of morpholine rings is 1. The van der Waals surface area contributed by atoms with Crippen molar-refractivity contribution in [2.45, 2.75) is 13.1 Å². The second kappa shape index (κ2) is 10.5. The van der Waals surface area contributed by atoms with Gasteiger partial charge in [0, 0.05) is 52.9 Å². The summed E-state index contributed by atoms with van der Waals surface area (Å²) in [4.78, 5) is 20.4.